The molecule has 0 aliphatic heterocycles. The van der Waals surface area contributed by atoms with Crippen molar-refractivity contribution in [1.82, 2.24) is 18.7 Å². The first-order chi connectivity index (χ1) is 15.7. The Morgan fingerprint density at radius 2 is 1.67 bits per heavy atom. The van der Waals surface area contributed by atoms with Crippen LogP contribution in [0.5, 0.6) is 0 Å². The SMILES string of the molecule is Cn1c(Nc2ccc(CC(=O)O)cc2)nc2c1c(=O)n(Cc1ccc(Cl)c(Cl)c1)c(=O)n2C. The fourth-order valence-corrected chi connectivity index (χ4v) is 3.85. The van der Waals surface area contributed by atoms with E-state index < -0.39 is 17.2 Å². The number of carboxylic acids is 1. The highest BCUT2D eigenvalue weighted by atomic mass is 35.5. The highest BCUT2D eigenvalue weighted by Gasteiger charge is 2.19. The smallest absolute Gasteiger partial charge is 0.332 e. The van der Waals surface area contributed by atoms with E-state index in [0.29, 0.717) is 32.8 Å². The Morgan fingerprint density at radius 1 is 1.00 bits per heavy atom. The number of hydrogen-bond donors (Lipinski definition) is 2. The molecule has 0 radical (unpaired) electrons. The quantitative estimate of drug-likeness (QED) is 0.432. The summed E-state index contributed by atoms with van der Waals surface area (Å²) in [4.78, 5) is 41.4. The van der Waals surface area contributed by atoms with Crippen LogP contribution in [0.3, 0.4) is 0 Å². The number of carbonyl (C=O) groups is 1. The van der Waals surface area contributed by atoms with Gasteiger partial charge in [-0.05, 0) is 35.4 Å². The summed E-state index contributed by atoms with van der Waals surface area (Å²) < 4.78 is 4.01. The van der Waals surface area contributed by atoms with E-state index in [4.69, 9.17) is 28.3 Å². The topological polar surface area (TPSA) is 111 Å². The molecule has 2 N–H and O–H groups in total. The maximum atomic E-state index is 13.2. The molecule has 4 aromatic rings. The highest BCUT2D eigenvalue weighted by molar-refractivity contribution is 6.42. The molecule has 33 heavy (non-hydrogen) atoms. The second-order valence-corrected chi connectivity index (χ2v) is 8.35. The first-order valence-electron chi connectivity index (χ1n) is 9.83. The first-order valence-corrected chi connectivity index (χ1v) is 10.6. The van der Waals surface area contributed by atoms with Crippen LogP contribution in [0.2, 0.25) is 10.0 Å². The number of halogens is 2. The molecule has 0 saturated carbocycles. The number of aryl methyl sites for hydroxylation is 2. The molecule has 2 aromatic heterocycles. The minimum absolute atomic E-state index is 0.0251. The maximum absolute atomic E-state index is 13.2. The minimum Gasteiger partial charge on any atom is -0.481 e. The van der Waals surface area contributed by atoms with Crippen molar-refractivity contribution < 1.29 is 9.90 Å². The van der Waals surface area contributed by atoms with Gasteiger partial charge < -0.3 is 15.0 Å². The third-order valence-electron chi connectivity index (χ3n) is 5.25. The zero-order valence-corrected chi connectivity index (χ0v) is 19.2. The van der Waals surface area contributed by atoms with Crippen LogP contribution in [-0.4, -0.2) is 29.8 Å². The van der Waals surface area contributed by atoms with E-state index >= 15 is 0 Å². The van der Waals surface area contributed by atoms with Crippen molar-refractivity contribution in [3.63, 3.8) is 0 Å². The number of aliphatic carboxylic acids is 1. The maximum Gasteiger partial charge on any atom is 0.332 e. The van der Waals surface area contributed by atoms with Gasteiger partial charge in [-0.2, -0.15) is 4.98 Å². The van der Waals surface area contributed by atoms with Gasteiger partial charge in [0.25, 0.3) is 5.56 Å². The van der Waals surface area contributed by atoms with Gasteiger partial charge in [0.1, 0.15) is 0 Å². The van der Waals surface area contributed by atoms with Crippen molar-refractivity contribution in [3.05, 3.63) is 84.5 Å². The monoisotopic (exact) mass is 487 g/mol. The molecular formula is C22H19Cl2N5O4. The number of hydrogen-bond acceptors (Lipinski definition) is 5. The summed E-state index contributed by atoms with van der Waals surface area (Å²) in [5, 5.41) is 12.7. The molecule has 2 heterocycles. The van der Waals surface area contributed by atoms with E-state index in [2.05, 4.69) is 10.3 Å². The number of rotatable bonds is 6. The lowest BCUT2D eigenvalue weighted by Crippen LogP contribution is -2.39. The minimum atomic E-state index is -0.913. The van der Waals surface area contributed by atoms with Gasteiger partial charge in [-0.25, -0.2) is 4.79 Å². The summed E-state index contributed by atoms with van der Waals surface area (Å²) in [5.74, 6) is -0.556. The molecule has 0 aliphatic rings. The Kier molecular flexibility index (Phi) is 6.01. The second kappa shape index (κ2) is 8.76. The predicted octanol–water partition coefficient (Wildman–Crippen LogP) is 3.16. The second-order valence-electron chi connectivity index (χ2n) is 7.54. The van der Waals surface area contributed by atoms with Gasteiger partial charge in [-0.15, -0.1) is 0 Å². The van der Waals surface area contributed by atoms with Crippen LogP contribution in [0.1, 0.15) is 11.1 Å². The van der Waals surface area contributed by atoms with Crippen LogP contribution in [0.15, 0.2) is 52.1 Å². The molecule has 0 saturated heterocycles. The zero-order valence-electron chi connectivity index (χ0n) is 17.7. The lowest BCUT2D eigenvalue weighted by molar-refractivity contribution is -0.136. The van der Waals surface area contributed by atoms with Gasteiger partial charge in [-0.3, -0.25) is 18.7 Å². The van der Waals surface area contributed by atoms with E-state index in [1.54, 1.807) is 61.1 Å². The number of benzene rings is 2. The lowest BCUT2D eigenvalue weighted by atomic mass is 10.1. The molecule has 0 spiro atoms. The Morgan fingerprint density at radius 3 is 2.30 bits per heavy atom. The summed E-state index contributed by atoms with van der Waals surface area (Å²) in [6, 6.07) is 11.8. The number of nitrogens with one attached hydrogen (secondary N) is 1. The number of carboxylic acid groups (broad SMARTS) is 1. The average Bonchev–Trinajstić information content (AvgIpc) is 3.09. The number of nitrogens with zero attached hydrogens (tertiary/aromatic N) is 4. The first kappa shape index (κ1) is 22.6. The Balaban J connectivity index is 1.74. The Bertz CT molecular complexity index is 1500. The molecule has 11 heteroatoms. The van der Waals surface area contributed by atoms with E-state index in [0.717, 1.165) is 4.57 Å². The van der Waals surface area contributed by atoms with Gasteiger partial charge in [-0.1, -0.05) is 41.4 Å². The average molecular weight is 488 g/mol. The number of aromatic nitrogens is 4. The van der Waals surface area contributed by atoms with Crippen LogP contribution >= 0.6 is 23.2 Å². The van der Waals surface area contributed by atoms with Crippen molar-refractivity contribution in [2.24, 2.45) is 14.1 Å². The molecular weight excluding hydrogens is 469 g/mol. The number of anilines is 2. The summed E-state index contributed by atoms with van der Waals surface area (Å²) in [7, 11) is 3.22. The van der Waals surface area contributed by atoms with Gasteiger partial charge in [0, 0.05) is 19.8 Å². The van der Waals surface area contributed by atoms with E-state index in [-0.39, 0.29) is 24.1 Å². The standard InChI is InChI=1S/C22H19Cl2N5O4/c1-27-18-19(26-21(27)25-14-6-3-12(4-7-14)10-17(30)31)28(2)22(33)29(20(18)32)11-13-5-8-15(23)16(24)9-13/h3-9H,10-11H2,1-2H3,(H,25,26)(H,30,31). The molecule has 0 atom stereocenters. The summed E-state index contributed by atoms with van der Waals surface area (Å²) in [5.41, 5.74) is 1.46. The zero-order chi connectivity index (χ0) is 23.9. The highest BCUT2D eigenvalue weighted by Crippen LogP contribution is 2.23. The van der Waals surface area contributed by atoms with Crippen molar-refractivity contribution in [2.45, 2.75) is 13.0 Å². The molecule has 170 valence electrons. The molecule has 0 unspecified atom stereocenters. The molecule has 4 rings (SSSR count). The number of imidazole rings is 1. The largest absolute Gasteiger partial charge is 0.481 e. The number of fused-ring (bicyclic) bond motifs is 1. The summed E-state index contributed by atoms with van der Waals surface area (Å²) in [6.07, 6.45) is -0.0763. The van der Waals surface area contributed by atoms with Crippen molar-refractivity contribution in [3.8, 4) is 0 Å². The summed E-state index contributed by atoms with van der Waals surface area (Å²) >= 11 is 12.0. The molecule has 0 amide bonds. The summed E-state index contributed by atoms with van der Waals surface area (Å²) in [6.45, 7) is 0.0251. The van der Waals surface area contributed by atoms with Gasteiger partial charge in [0.15, 0.2) is 11.2 Å². The van der Waals surface area contributed by atoms with Crippen molar-refractivity contribution in [2.75, 3.05) is 5.32 Å². The normalized spacial score (nSPS) is 11.2. The van der Waals surface area contributed by atoms with E-state index in [1.165, 1.54) is 4.57 Å². The van der Waals surface area contributed by atoms with Crippen LogP contribution in [0, 0.1) is 0 Å². The van der Waals surface area contributed by atoms with E-state index in [1.807, 2.05) is 0 Å². The fraction of sp³-hybridized carbons (Fsp3) is 0.182. The molecule has 0 fully saturated rings. The van der Waals surface area contributed by atoms with E-state index in [9.17, 15) is 14.4 Å². The Labute approximate surface area is 197 Å². The lowest BCUT2D eigenvalue weighted by Gasteiger charge is -2.09. The van der Waals surface area contributed by atoms with Crippen LogP contribution in [-0.2, 0) is 31.9 Å². The van der Waals surface area contributed by atoms with Gasteiger partial charge in [0.05, 0.1) is 23.0 Å². The molecule has 0 bridgehead atoms. The predicted molar refractivity (Wildman–Crippen MR) is 127 cm³/mol. The van der Waals surface area contributed by atoms with Gasteiger partial charge in [0.2, 0.25) is 5.95 Å². The van der Waals surface area contributed by atoms with Crippen LogP contribution < -0.4 is 16.6 Å². The van der Waals surface area contributed by atoms with Crippen molar-refractivity contribution in [1.29, 1.82) is 0 Å². The fourth-order valence-electron chi connectivity index (χ4n) is 3.52. The Hall–Kier alpha value is -3.56. The third-order valence-corrected chi connectivity index (χ3v) is 5.99. The van der Waals surface area contributed by atoms with Crippen molar-refractivity contribution >= 4 is 52.0 Å². The third kappa shape index (κ3) is 4.37. The molecule has 9 nitrogen and oxygen atoms in total. The van der Waals surface area contributed by atoms with Crippen LogP contribution in [0.4, 0.5) is 11.6 Å². The van der Waals surface area contributed by atoms with Crippen LogP contribution in [0.25, 0.3) is 11.2 Å². The van der Waals surface area contributed by atoms with Gasteiger partial charge >= 0.3 is 11.7 Å². The molecule has 2 aromatic carbocycles. The molecule has 0 aliphatic carbocycles.